The third-order valence-corrected chi connectivity index (χ3v) is 7.03. The van der Waals surface area contributed by atoms with Gasteiger partial charge in [-0.25, -0.2) is 0 Å². The summed E-state index contributed by atoms with van der Waals surface area (Å²) in [6.45, 7) is 0. The van der Waals surface area contributed by atoms with Crippen LogP contribution in [0.5, 0.6) is 0 Å². The molecule has 16 nitrogen and oxygen atoms in total. The standard InChI is InChI=1S/2C6H8N2O6S2/c7-3-1-5(15(9,10)11)4(8)2-6(3)16(12,13)14;7-3-1-4(8)6(16(12,13)14)2-5(3)15(9,10)11/h2*1-2H,7-8H2,(H,9,10,11)(H,12,13,14). The number of nitrogens with two attached hydrogens (primary N) is 4. The van der Waals surface area contributed by atoms with E-state index >= 15 is 0 Å². The summed E-state index contributed by atoms with van der Waals surface area (Å²) in [6.07, 6.45) is 0. The Kier molecular flexibility index (Phi) is 7.40. The largest absolute Gasteiger partial charge is 0.398 e. The summed E-state index contributed by atoms with van der Waals surface area (Å²) < 4.78 is 121. The van der Waals surface area contributed by atoms with Crippen LogP contribution in [0.1, 0.15) is 0 Å². The van der Waals surface area contributed by atoms with Gasteiger partial charge in [-0.1, -0.05) is 0 Å². The highest BCUT2D eigenvalue weighted by atomic mass is 32.2. The lowest BCUT2D eigenvalue weighted by Gasteiger charge is -2.07. The van der Waals surface area contributed by atoms with E-state index in [1.165, 1.54) is 0 Å². The molecule has 2 rings (SSSR count). The lowest BCUT2D eigenvalue weighted by molar-refractivity contribution is 0.479. The maximum Gasteiger partial charge on any atom is 0.296 e. The molecular weight excluding hydrogens is 520 g/mol. The summed E-state index contributed by atoms with van der Waals surface area (Å²) in [5.41, 5.74) is 18.9. The van der Waals surface area contributed by atoms with Crippen LogP contribution in [0.2, 0.25) is 0 Å². The van der Waals surface area contributed by atoms with Gasteiger partial charge in [-0.15, -0.1) is 0 Å². The van der Waals surface area contributed by atoms with Crippen LogP contribution in [0, 0.1) is 0 Å². The van der Waals surface area contributed by atoms with Gasteiger partial charge in [0.1, 0.15) is 19.6 Å². The lowest BCUT2D eigenvalue weighted by Crippen LogP contribution is -2.09. The van der Waals surface area contributed by atoms with E-state index in [9.17, 15) is 33.7 Å². The summed E-state index contributed by atoms with van der Waals surface area (Å²) in [4.78, 5) is -3.13. The number of rotatable bonds is 4. The Morgan fingerprint density at radius 2 is 0.594 bits per heavy atom. The number of hydrogen-bond acceptors (Lipinski definition) is 12. The van der Waals surface area contributed by atoms with Crippen molar-refractivity contribution in [3.63, 3.8) is 0 Å². The van der Waals surface area contributed by atoms with E-state index in [1.54, 1.807) is 0 Å². The average Bonchev–Trinajstić information content (AvgIpc) is 2.52. The van der Waals surface area contributed by atoms with E-state index < -0.39 is 82.8 Å². The topological polar surface area (TPSA) is 322 Å². The highest BCUT2D eigenvalue weighted by molar-refractivity contribution is 7.87. The van der Waals surface area contributed by atoms with Crippen LogP contribution >= 0.6 is 0 Å². The minimum absolute atomic E-state index is 0.424. The predicted molar refractivity (Wildman–Crippen MR) is 110 cm³/mol. The third-order valence-electron chi connectivity index (χ3n) is 3.40. The van der Waals surface area contributed by atoms with Crippen molar-refractivity contribution in [1.29, 1.82) is 0 Å². The molecule has 0 saturated carbocycles. The SMILES string of the molecule is Nc1cc(N)c(S(=O)(=O)O)cc1S(=O)(=O)O.Nc1cc(S(=O)(=O)O)c(N)cc1S(=O)(=O)O. The Morgan fingerprint density at radius 3 is 0.812 bits per heavy atom. The van der Waals surface area contributed by atoms with Crippen LogP contribution in [0.4, 0.5) is 22.7 Å². The lowest BCUT2D eigenvalue weighted by atomic mass is 10.3. The first-order chi connectivity index (χ1) is 14.1. The van der Waals surface area contributed by atoms with Crippen LogP contribution in [-0.2, 0) is 40.5 Å². The minimum Gasteiger partial charge on any atom is -0.398 e. The molecule has 0 fully saturated rings. The molecule has 2 aromatic carbocycles. The fraction of sp³-hybridized carbons (Fsp3) is 0. The van der Waals surface area contributed by atoms with E-state index in [4.69, 9.17) is 41.1 Å². The molecule has 0 bridgehead atoms. The Labute approximate surface area is 181 Å². The highest BCUT2D eigenvalue weighted by Crippen LogP contribution is 2.28. The molecule has 0 atom stereocenters. The van der Waals surface area contributed by atoms with Crippen molar-refractivity contribution >= 4 is 63.2 Å². The van der Waals surface area contributed by atoms with Crippen molar-refractivity contribution in [3.05, 3.63) is 24.3 Å². The maximum absolute atomic E-state index is 10.8. The van der Waals surface area contributed by atoms with Crippen molar-refractivity contribution in [1.82, 2.24) is 0 Å². The summed E-state index contributed by atoms with van der Waals surface area (Å²) >= 11 is 0. The molecule has 180 valence electrons. The number of nitrogen functional groups attached to an aromatic ring is 4. The zero-order valence-electron chi connectivity index (χ0n) is 15.3. The van der Waals surface area contributed by atoms with Gasteiger partial charge in [0.15, 0.2) is 0 Å². The van der Waals surface area contributed by atoms with Crippen LogP contribution in [0.3, 0.4) is 0 Å². The highest BCUT2D eigenvalue weighted by Gasteiger charge is 2.23. The van der Waals surface area contributed by atoms with E-state index in [1.807, 2.05) is 0 Å². The smallest absolute Gasteiger partial charge is 0.296 e. The zero-order valence-corrected chi connectivity index (χ0v) is 18.6. The normalized spacial score (nSPS) is 12.6. The van der Waals surface area contributed by atoms with Gasteiger partial charge >= 0.3 is 0 Å². The summed E-state index contributed by atoms with van der Waals surface area (Å²) in [5.74, 6) is 0. The Bertz CT molecular complexity index is 1390. The van der Waals surface area contributed by atoms with Crippen LogP contribution < -0.4 is 22.9 Å². The second-order valence-electron chi connectivity index (χ2n) is 5.76. The third kappa shape index (κ3) is 6.64. The van der Waals surface area contributed by atoms with Crippen LogP contribution in [-0.4, -0.2) is 51.9 Å². The number of benzene rings is 2. The molecule has 0 aliphatic carbocycles. The van der Waals surface area contributed by atoms with Crippen molar-refractivity contribution in [2.45, 2.75) is 19.6 Å². The summed E-state index contributed by atoms with van der Waals surface area (Å²) in [5, 5.41) is 0. The Balaban J connectivity index is 0.000000320. The fourth-order valence-corrected chi connectivity index (χ4v) is 4.67. The molecule has 0 saturated heterocycles. The van der Waals surface area contributed by atoms with Gasteiger partial charge < -0.3 is 22.9 Å². The first-order valence-electron chi connectivity index (χ1n) is 7.34. The molecule has 0 unspecified atom stereocenters. The van der Waals surface area contributed by atoms with Gasteiger partial charge in [-0.2, -0.15) is 33.7 Å². The van der Waals surface area contributed by atoms with E-state index in [0.29, 0.717) is 18.2 Å². The van der Waals surface area contributed by atoms with Gasteiger partial charge in [-0.3, -0.25) is 18.2 Å². The van der Waals surface area contributed by atoms with Crippen molar-refractivity contribution in [2.75, 3.05) is 22.9 Å². The summed E-state index contributed by atoms with van der Waals surface area (Å²) in [7, 11) is -18.6. The maximum atomic E-state index is 10.8. The molecular formula is C12H16N4O12S4. The van der Waals surface area contributed by atoms with Crippen molar-refractivity contribution < 1.29 is 51.9 Å². The quantitative estimate of drug-likeness (QED) is 0.166. The monoisotopic (exact) mass is 536 g/mol. The summed E-state index contributed by atoms with van der Waals surface area (Å²) in [6, 6.07) is 2.59. The second-order valence-corrected chi connectivity index (χ2v) is 11.3. The molecule has 32 heavy (non-hydrogen) atoms. The zero-order chi connectivity index (χ0) is 25.4. The molecule has 12 N–H and O–H groups in total. The van der Waals surface area contributed by atoms with Gasteiger partial charge in [0.05, 0.1) is 22.7 Å². The second kappa shape index (κ2) is 8.67. The molecule has 0 amide bonds. The van der Waals surface area contributed by atoms with E-state index in [0.717, 1.165) is 6.07 Å². The molecule has 20 heteroatoms. The molecule has 0 heterocycles. The molecule has 0 spiro atoms. The van der Waals surface area contributed by atoms with Crippen molar-refractivity contribution in [3.8, 4) is 0 Å². The van der Waals surface area contributed by atoms with Gasteiger partial charge in [0.2, 0.25) is 0 Å². The molecule has 0 radical (unpaired) electrons. The predicted octanol–water partition coefficient (Wildman–Crippen LogP) is -1.31. The van der Waals surface area contributed by atoms with Crippen molar-refractivity contribution in [2.24, 2.45) is 0 Å². The molecule has 2 aromatic rings. The van der Waals surface area contributed by atoms with E-state index in [2.05, 4.69) is 0 Å². The average molecular weight is 537 g/mol. The minimum atomic E-state index is -4.69. The molecule has 0 aliphatic heterocycles. The van der Waals surface area contributed by atoms with E-state index in [-0.39, 0.29) is 0 Å². The van der Waals surface area contributed by atoms with Gasteiger partial charge in [-0.05, 0) is 24.3 Å². The van der Waals surface area contributed by atoms with Crippen LogP contribution in [0.15, 0.2) is 43.8 Å². The number of anilines is 4. The van der Waals surface area contributed by atoms with Gasteiger partial charge in [0.25, 0.3) is 40.5 Å². The van der Waals surface area contributed by atoms with Gasteiger partial charge in [0, 0.05) is 0 Å². The molecule has 0 aliphatic rings. The Morgan fingerprint density at radius 1 is 0.406 bits per heavy atom. The molecule has 0 aromatic heterocycles. The fourth-order valence-electron chi connectivity index (χ4n) is 2.08. The first kappa shape index (κ1) is 27.3. The first-order valence-corrected chi connectivity index (χ1v) is 13.1. The Hall–Kier alpha value is -2.72. The van der Waals surface area contributed by atoms with Crippen LogP contribution in [0.25, 0.3) is 0 Å². The number of hydrogen-bond donors (Lipinski definition) is 8.